The van der Waals surface area contributed by atoms with Crippen molar-refractivity contribution in [2.45, 2.75) is 11.7 Å². The van der Waals surface area contributed by atoms with E-state index < -0.39 is 23.7 Å². The van der Waals surface area contributed by atoms with Crippen LogP contribution in [0.2, 0.25) is 5.02 Å². The van der Waals surface area contributed by atoms with Crippen LogP contribution in [-0.2, 0) is 10.3 Å². The Morgan fingerprint density at radius 2 is 1.67 bits per heavy atom. The molecule has 0 aliphatic carbocycles. The van der Waals surface area contributed by atoms with Crippen LogP contribution in [0.5, 0.6) is 5.75 Å². The minimum Gasteiger partial charge on any atom is -0.492 e. The Morgan fingerprint density at radius 3 is 2.26 bits per heavy atom. The summed E-state index contributed by atoms with van der Waals surface area (Å²) in [6.07, 6.45) is -5.01. The minimum absolute atomic E-state index is 0.163. The van der Waals surface area contributed by atoms with Crippen LogP contribution < -0.4 is 10.1 Å². The molecule has 5 nitrogen and oxygen atoms in total. The molecule has 142 valence electrons. The molecular weight excluding hydrogens is 385 g/mol. The predicted molar refractivity (Wildman–Crippen MR) is 91.4 cm³/mol. The maximum absolute atomic E-state index is 13.8. The second-order valence-electron chi connectivity index (χ2n) is 5.80. The number of ether oxygens (including phenoxy) is 1. The lowest BCUT2D eigenvalue weighted by atomic mass is 9.89. The smallest absolute Gasteiger partial charge is 0.425 e. The van der Waals surface area contributed by atoms with Gasteiger partial charge < -0.3 is 10.1 Å². The van der Waals surface area contributed by atoms with E-state index in [0.29, 0.717) is 15.7 Å². The van der Waals surface area contributed by atoms with Crippen LogP contribution in [-0.4, -0.2) is 36.2 Å². The maximum Gasteiger partial charge on any atom is 0.425 e. The van der Waals surface area contributed by atoms with Gasteiger partial charge in [-0.15, -0.1) is 0 Å². The maximum atomic E-state index is 13.8. The Kier molecular flexibility index (Phi) is 5.01. The number of benzene rings is 2. The molecule has 0 radical (unpaired) electrons. The molecule has 0 aromatic heterocycles. The molecule has 0 saturated carbocycles. The molecule has 0 bridgehead atoms. The lowest BCUT2D eigenvalue weighted by Gasteiger charge is -2.29. The highest BCUT2D eigenvalue weighted by atomic mass is 35.5. The highest BCUT2D eigenvalue weighted by Gasteiger charge is 2.68. The Morgan fingerprint density at radius 1 is 1.04 bits per heavy atom. The number of imide groups is 1. The summed E-state index contributed by atoms with van der Waals surface area (Å²) in [6, 6.07) is 11.7. The van der Waals surface area contributed by atoms with E-state index in [0.717, 1.165) is 12.1 Å². The van der Waals surface area contributed by atoms with E-state index >= 15 is 0 Å². The lowest BCUT2D eigenvalue weighted by molar-refractivity contribution is -0.198. The average Bonchev–Trinajstić information content (AvgIpc) is 2.89. The molecule has 1 unspecified atom stereocenters. The first-order chi connectivity index (χ1) is 12.8. The number of urea groups is 1. The Bertz CT molecular complexity index is 843. The number of hydrogen-bond acceptors (Lipinski definition) is 3. The number of alkyl halides is 3. The third-order valence-electron chi connectivity index (χ3n) is 4.13. The van der Waals surface area contributed by atoms with Gasteiger partial charge in [-0.25, -0.2) is 4.79 Å². The van der Waals surface area contributed by atoms with Crippen molar-refractivity contribution < 1.29 is 27.5 Å². The van der Waals surface area contributed by atoms with Crippen molar-refractivity contribution in [2.75, 3.05) is 13.2 Å². The zero-order valence-electron chi connectivity index (χ0n) is 13.8. The van der Waals surface area contributed by atoms with Crippen molar-refractivity contribution in [2.24, 2.45) is 0 Å². The van der Waals surface area contributed by atoms with Crippen LogP contribution in [0, 0.1) is 0 Å². The molecule has 2 aromatic rings. The van der Waals surface area contributed by atoms with Crippen molar-refractivity contribution in [3.8, 4) is 5.75 Å². The summed E-state index contributed by atoms with van der Waals surface area (Å²) in [5.74, 6) is -0.970. The van der Waals surface area contributed by atoms with Crippen molar-refractivity contribution >= 4 is 23.5 Å². The number of rotatable bonds is 5. The van der Waals surface area contributed by atoms with Gasteiger partial charge in [0.05, 0.1) is 6.54 Å². The molecule has 0 spiro atoms. The van der Waals surface area contributed by atoms with Gasteiger partial charge in [0.1, 0.15) is 12.4 Å². The Labute approximate surface area is 157 Å². The monoisotopic (exact) mass is 398 g/mol. The molecule has 1 fully saturated rings. The molecule has 1 aliphatic rings. The van der Waals surface area contributed by atoms with E-state index in [-0.39, 0.29) is 18.7 Å². The average molecular weight is 399 g/mol. The van der Waals surface area contributed by atoms with Gasteiger partial charge in [0.25, 0.3) is 5.91 Å². The first-order valence-electron chi connectivity index (χ1n) is 7.90. The fourth-order valence-corrected chi connectivity index (χ4v) is 2.93. The zero-order chi connectivity index (χ0) is 19.7. The largest absolute Gasteiger partial charge is 0.492 e. The summed E-state index contributed by atoms with van der Waals surface area (Å²) in [4.78, 5) is 25.3. The van der Waals surface area contributed by atoms with Gasteiger partial charge in [-0.3, -0.25) is 9.69 Å². The highest BCUT2D eigenvalue weighted by Crippen LogP contribution is 2.43. The quantitative estimate of drug-likeness (QED) is 0.781. The predicted octanol–water partition coefficient (Wildman–Crippen LogP) is 3.73. The van der Waals surface area contributed by atoms with Crippen molar-refractivity contribution in [1.29, 1.82) is 0 Å². The topological polar surface area (TPSA) is 58.6 Å². The molecule has 1 N–H and O–H groups in total. The van der Waals surface area contributed by atoms with Gasteiger partial charge >= 0.3 is 12.2 Å². The van der Waals surface area contributed by atoms with E-state index in [2.05, 4.69) is 0 Å². The number of nitrogens with zero attached hydrogens (tertiary/aromatic N) is 1. The van der Waals surface area contributed by atoms with Crippen LogP contribution in [0.3, 0.4) is 0 Å². The third-order valence-corrected chi connectivity index (χ3v) is 4.39. The number of nitrogens with one attached hydrogen (secondary N) is 1. The molecule has 3 rings (SSSR count). The van der Waals surface area contributed by atoms with E-state index in [1.54, 1.807) is 24.3 Å². The first kappa shape index (κ1) is 19.0. The van der Waals surface area contributed by atoms with Crippen molar-refractivity contribution in [3.63, 3.8) is 0 Å². The second kappa shape index (κ2) is 7.11. The van der Waals surface area contributed by atoms with Gasteiger partial charge in [-0.2, -0.15) is 13.2 Å². The minimum atomic E-state index is -5.01. The van der Waals surface area contributed by atoms with E-state index in [9.17, 15) is 22.8 Å². The highest BCUT2D eigenvalue weighted by molar-refractivity contribution is 6.30. The summed E-state index contributed by atoms with van der Waals surface area (Å²) >= 11 is 5.75. The summed E-state index contributed by atoms with van der Waals surface area (Å²) in [5, 5.41) is 2.31. The van der Waals surface area contributed by atoms with E-state index in [4.69, 9.17) is 16.3 Å². The molecule has 3 amide bonds. The molecular formula is C18H14ClF3N2O3. The van der Waals surface area contributed by atoms with Crippen LogP contribution in [0.15, 0.2) is 54.6 Å². The van der Waals surface area contributed by atoms with Crippen LogP contribution in [0.1, 0.15) is 5.56 Å². The SMILES string of the molecule is O=C1NC(c2ccccc2)(C(F)(F)F)C(=O)N1CCOc1ccc(Cl)cc1. The summed E-state index contributed by atoms with van der Waals surface area (Å²) in [7, 11) is 0. The van der Waals surface area contributed by atoms with Gasteiger partial charge in [-0.05, 0) is 29.8 Å². The molecule has 2 aromatic carbocycles. The van der Waals surface area contributed by atoms with Gasteiger partial charge in [0.15, 0.2) is 0 Å². The van der Waals surface area contributed by atoms with Crippen LogP contribution in [0.25, 0.3) is 0 Å². The van der Waals surface area contributed by atoms with Gasteiger partial charge in [0, 0.05) is 5.02 Å². The molecule has 1 saturated heterocycles. The second-order valence-corrected chi connectivity index (χ2v) is 6.24. The molecule has 27 heavy (non-hydrogen) atoms. The van der Waals surface area contributed by atoms with Gasteiger partial charge in [-0.1, -0.05) is 41.9 Å². The van der Waals surface area contributed by atoms with Crippen LogP contribution >= 0.6 is 11.6 Å². The van der Waals surface area contributed by atoms with Crippen LogP contribution in [0.4, 0.5) is 18.0 Å². The molecule has 9 heteroatoms. The van der Waals surface area contributed by atoms with Gasteiger partial charge in [0.2, 0.25) is 5.54 Å². The van der Waals surface area contributed by atoms with E-state index in [1.165, 1.54) is 18.2 Å². The lowest BCUT2D eigenvalue weighted by Crippen LogP contribution is -2.55. The molecule has 1 atom stereocenters. The number of carbonyl (C=O) groups is 2. The first-order valence-corrected chi connectivity index (χ1v) is 8.28. The standard InChI is InChI=1S/C18H14ClF3N2O3/c19-13-6-8-14(9-7-13)27-11-10-24-15(25)17(18(20,21)22,23-16(24)26)12-4-2-1-3-5-12/h1-9H,10-11H2,(H,23,26). The van der Waals surface area contributed by atoms with E-state index in [1.807, 2.05) is 5.32 Å². The fourth-order valence-electron chi connectivity index (χ4n) is 2.80. The summed E-state index contributed by atoms with van der Waals surface area (Å²) in [5.41, 5.74) is -3.46. The van der Waals surface area contributed by atoms with Crippen molar-refractivity contribution in [1.82, 2.24) is 10.2 Å². The Balaban J connectivity index is 1.79. The fraction of sp³-hybridized carbons (Fsp3) is 0.222. The third kappa shape index (κ3) is 3.44. The summed E-state index contributed by atoms with van der Waals surface area (Å²) < 4.78 is 46.8. The zero-order valence-corrected chi connectivity index (χ0v) is 14.6. The number of hydrogen-bond donors (Lipinski definition) is 1. The number of carbonyl (C=O) groups excluding carboxylic acids is 2. The molecule has 1 aliphatic heterocycles. The summed E-state index contributed by atoms with van der Waals surface area (Å²) in [6.45, 7) is -0.499. The Hall–Kier alpha value is -2.74. The number of amides is 3. The van der Waals surface area contributed by atoms with Crippen molar-refractivity contribution in [3.05, 3.63) is 65.2 Å². The number of halogens is 4. The molecule has 1 heterocycles. The normalized spacial score (nSPS) is 19.9.